The van der Waals surface area contributed by atoms with Crippen LogP contribution in [0.5, 0.6) is 0 Å². The maximum atomic E-state index is 10.7. The maximum Gasteiger partial charge on any atom is 0.217 e. The van der Waals surface area contributed by atoms with Gasteiger partial charge in [0.2, 0.25) is 5.91 Å². The van der Waals surface area contributed by atoms with E-state index < -0.39 is 0 Å². The number of nitrogens with one attached hydrogen (secondary N) is 2. The first kappa shape index (κ1) is 10.1. The smallest absolute Gasteiger partial charge is 0.217 e. The summed E-state index contributed by atoms with van der Waals surface area (Å²) in [7, 11) is 0. The standard InChI is InChI=1S/C9H9BrN4O/c1-5(15)11-4-8-13-7-2-6(10)3-12-9(7)14-8/h2-3H,4H2,1H3,(H,11,15)(H,12,13,14). The number of aromatic nitrogens is 3. The molecule has 0 unspecified atom stereocenters. The van der Waals surface area contributed by atoms with Gasteiger partial charge in [0.1, 0.15) is 11.3 Å². The molecule has 6 heteroatoms. The largest absolute Gasteiger partial charge is 0.349 e. The molecule has 2 aromatic rings. The third-order valence-corrected chi connectivity index (χ3v) is 2.29. The molecule has 0 aliphatic rings. The molecule has 0 radical (unpaired) electrons. The average molecular weight is 269 g/mol. The number of H-pyrrole nitrogens is 1. The molecule has 0 fully saturated rings. The molecule has 5 nitrogen and oxygen atoms in total. The van der Waals surface area contributed by atoms with Crippen LogP contribution in [0.2, 0.25) is 0 Å². The van der Waals surface area contributed by atoms with Gasteiger partial charge in [-0.25, -0.2) is 9.97 Å². The van der Waals surface area contributed by atoms with Gasteiger partial charge < -0.3 is 10.3 Å². The van der Waals surface area contributed by atoms with Crippen LogP contribution < -0.4 is 5.32 Å². The normalized spacial score (nSPS) is 10.5. The van der Waals surface area contributed by atoms with Crippen LogP contribution in [0.15, 0.2) is 16.7 Å². The van der Waals surface area contributed by atoms with E-state index >= 15 is 0 Å². The second-order valence-corrected chi connectivity index (χ2v) is 4.03. The molecule has 15 heavy (non-hydrogen) atoms. The molecule has 2 rings (SSSR count). The number of carbonyl (C=O) groups excluding carboxylic acids is 1. The van der Waals surface area contributed by atoms with Crippen molar-refractivity contribution in [2.45, 2.75) is 13.5 Å². The van der Waals surface area contributed by atoms with E-state index in [-0.39, 0.29) is 5.91 Å². The molecule has 0 bridgehead atoms. The Morgan fingerprint density at radius 2 is 2.47 bits per heavy atom. The number of fused-ring (bicyclic) bond motifs is 1. The number of hydrogen-bond acceptors (Lipinski definition) is 3. The van der Waals surface area contributed by atoms with E-state index in [0.717, 1.165) is 15.6 Å². The molecule has 0 spiro atoms. The molecular formula is C9H9BrN4O. The average Bonchev–Trinajstić information content (AvgIpc) is 2.56. The zero-order chi connectivity index (χ0) is 10.8. The molecular weight excluding hydrogens is 260 g/mol. The summed E-state index contributed by atoms with van der Waals surface area (Å²) in [4.78, 5) is 22.2. The number of aromatic amines is 1. The van der Waals surface area contributed by atoms with Gasteiger partial charge in [-0.3, -0.25) is 4.79 Å². The summed E-state index contributed by atoms with van der Waals surface area (Å²) in [6.07, 6.45) is 1.70. The van der Waals surface area contributed by atoms with E-state index in [2.05, 4.69) is 36.2 Å². The highest BCUT2D eigenvalue weighted by Crippen LogP contribution is 2.14. The van der Waals surface area contributed by atoms with Gasteiger partial charge in [-0.05, 0) is 22.0 Å². The van der Waals surface area contributed by atoms with Crippen molar-refractivity contribution in [3.8, 4) is 0 Å². The fourth-order valence-electron chi connectivity index (χ4n) is 1.21. The van der Waals surface area contributed by atoms with Crippen molar-refractivity contribution in [1.29, 1.82) is 0 Å². The van der Waals surface area contributed by atoms with Gasteiger partial charge in [-0.15, -0.1) is 0 Å². The zero-order valence-corrected chi connectivity index (χ0v) is 9.63. The van der Waals surface area contributed by atoms with Crippen LogP contribution in [0, 0.1) is 0 Å². The van der Waals surface area contributed by atoms with E-state index in [1.807, 2.05) is 6.07 Å². The quantitative estimate of drug-likeness (QED) is 0.864. The Hall–Kier alpha value is -1.43. The number of imidazole rings is 1. The molecule has 78 valence electrons. The zero-order valence-electron chi connectivity index (χ0n) is 8.04. The van der Waals surface area contributed by atoms with Crippen molar-refractivity contribution in [2.75, 3.05) is 0 Å². The predicted octanol–water partition coefficient (Wildman–Crippen LogP) is 1.36. The molecule has 0 saturated carbocycles. The van der Waals surface area contributed by atoms with Gasteiger partial charge in [-0.1, -0.05) is 0 Å². The van der Waals surface area contributed by atoms with Gasteiger partial charge in [-0.2, -0.15) is 0 Å². The van der Waals surface area contributed by atoms with Gasteiger partial charge in [0, 0.05) is 17.6 Å². The van der Waals surface area contributed by atoms with Crippen molar-refractivity contribution in [3.63, 3.8) is 0 Å². The van der Waals surface area contributed by atoms with Gasteiger partial charge in [0.15, 0.2) is 5.65 Å². The summed E-state index contributed by atoms with van der Waals surface area (Å²) in [5, 5.41) is 2.67. The number of hydrogen-bond donors (Lipinski definition) is 2. The lowest BCUT2D eigenvalue weighted by Gasteiger charge is -1.95. The number of rotatable bonds is 2. The highest BCUT2D eigenvalue weighted by molar-refractivity contribution is 9.10. The minimum atomic E-state index is -0.0791. The summed E-state index contributed by atoms with van der Waals surface area (Å²) < 4.78 is 0.882. The number of carbonyl (C=O) groups is 1. The lowest BCUT2D eigenvalue weighted by molar-refractivity contribution is -0.119. The molecule has 2 N–H and O–H groups in total. The fraction of sp³-hybridized carbons (Fsp3) is 0.222. The van der Waals surface area contributed by atoms with E-state index in [9.17, 15) is 4.79 Å². The third kappa shape index (κ3) is 2.33. The predicted molar refractivity (Wildman–Crippen MR) is 59.1 cm³/mol. The first-order chi connectivity index (χ1) is 7.15. The van der Waals surface area contributed by atoms with Crippen molar-refractivity contribution >= 4 is 33.0 Å². The Bertz CT molecular complexity index is 508. The Labute approximate surface area is 94.4 Å². The number of halogens is 1. The Morgan fingerprint density at radius 1 is 1.67 bits per heavy atom. The van der Waals surface area contributed by atoms with Crippen molar-refractivity contribution < 1.29 is 4.79 Å². The van der Waals surface area contributed by atoms with Crippen LogP contribution in [0.4, 0.5) is 0 Å². The van der Waals surface area contributed by atoms with Crippen molar-refractivity contribution in [1.82, 2.24) is 20.3 Å². The van der Waals surface area contributed by atoms with E-state index in [4.69, 9.17) is 0 Å². The first-order valence-electron chi connectivity index (χ1n) is 4.40. The van der Waals surface area contributed by atoms with E-state index in [1.54, 1.807) is 6.20 Å². The summed E-state index contributed by atoms with van der Waals surface area (Å²) in [5.74, 6) is 0.621. The van der Waals surface area contributed by atoms with Gasteiger partial charge in [0.25, 0.3) is 0 Å². The van der Waals surface area contributed by atoms with E-state index in [1.165, 1.54) is 6.92 Å². The van der Waals surface area contributed by atoms with Gasteiger partial charge in [0.05, 0.1) is 6.54 Å². The lowest BCUT2D eigenvalue weighted by atomic mass is 10.4. The second kappa shape index (κ2) is 3.98. The SMILES string of the molecule is CC(=O)NCc1nc2cc(Br)cnc2[nH]1. The Morgan fingerprint density at radius 3 is 3.20 bits per heavy atom. The molecule has 0 saturated heterocycles. The molecule has 0 aliphatic heterocycles. The summed E-state index contributed by atoms with van der Waals surface area (Å²) >= 11 is 3.32. The minimum absolute atomic E-state index is 0.0791. The summed E-state index contributed by atoms with van der Waals surface area (Å²) in [6.45, 7) is 1.86. The first-order valence-corrected chi connectivity index (χ1v) is 5.19. The molecule has 0 aromatic carbocycles. The maximum absolute atomic E-state index is 10.7. The monoisotopic (exact) mass is 268 g/mol. The third-order valence-electron chi connectivity index (χ3n) is 1.86. The van der Waals surface area contributed by atoms with Crippen LogP contribution in [-0.2, 0) is 11.3 Å². The fourth-order valence-corrected chi connectivity index (χ4v) is 1.53. The number of nitrogens with zero attached hydrogens (tertiary/aromatic N) is 2. The van der Waals surface area contributed by atoms with Crippen LogP contribution in [-0.4, -0.2) is 20.9 Å². The van der Waals surface area contributed by atoms with Crippen LogP contribution in [0.1, 0.15) is 12.7 Å². The molecule has 0 atom stereocenters. The minimum Gasteiger partial charge on any atom is -0.349 e. The van der Waals surface area contributed by atoms with Crippen LogP contribution in [0.3, 0.4) is 0 Å². The number of pyridine rings is 1. The van der Waals surface area contributed by atoms with Crippen molar-refractivity contribution in [2.24, 2.45) is 0 Å². The molecule has 2 heterocycles. The summed E-state index contributed by atoms with van der Waals surface area (Å²) in [6, 6.07) is 1.87. The van der Waals surface area contributed by atoms with Crippen molar-refractivity contribution in [3.05, 3.63) is 22.6 Å². The molecule has 1 amide bonds. The second-order valence-electron chi connectivity index (χ2n) is 3.11. The highest BCUT2D eigenvalue weighted by atomic mass is 79.9. The van der Waals surface area contributed by atoms with E-state index in [0.29, 0.717) is 12.4 Å². The Kier molecular flexibility index (Phi) is 2.68. The topological polar surface area (TPSA) is 70.7 Å². The number of amides is 1. The van der Waals surface area contributed by atoms with Gasteiger partial charge >= 0.3 is 0 Å². The van der Waals surface area contributed by atoms with Crippen LogP contribution >= 0.6 is 15.9 Å². The summed E-state index contributed by atoms with van der Waals surface area (Å²) in [5.41, 5.74) is 1.50. The molecule has 0 aliphatic carbocycles. The molecule has 2 aromatic heterocycles. The van der Waals surface area contributed by atoms with Crippen LogP contribution in [0.25, 0.3) is 11.2 Å². The lowest BCUT2D eigenvalue weighted by Crippen LogP contribution is -2.19. The Balaban J connectivity index is 2.27. The highest BCUT2D eigenvalue weighted by Gasteiger charge is 2.04.